The van der Waals surface area contributed by atoms with Crippen molar-refractivity contribution in [2.75, 3.05) is 5.73 Å². The van der Waals surface area contributed by atoms with Gasteiger partial charge in [-0.3, -0.25) is 4.79 Å². The first-order valence-corrected chi connectivity index (χ1v) is 4.88. The molecule has 0 aromatic carbocycles. The van der Waals surface area contributed by atoms with Gasteiger partial charge in [0.05, 0.1) is 0 Å². The number of nitrogen functional groups attached to an aromatic ring is 1. The van der Waals surface area contributed by atoms with E-state index in [0.717, 1.165) is 5.56 Å². The zero-order valence-corrected chi connectivity index (χ0v) is 9.16. The lowest BCUT2D eigenvalue weighted by molar-refractivity contribution is -0.119. The van der Waals surface area contributed by atoms with Crippen LogP contribution in [0, 0.1) is 0 Å². The second kappa shape index (κ2) is 4.40. The van der Waals surface area contributed by atoms with Gasteiger partial charge < -0.3 is 11.5 Å². The van der Waals surface area contributed by atoms with Gasteiger partial charge in [-0.1, -0.05) is 0 Å². The predicted octanol–water partition coefficient (Wildman–Crippen LogP) is 0.903. The largest absolute Gasteiger partial charge is 0.384 e. The Morgan fingerprint density at radius 2 is 2.20 bits per heavy atom. The molecule has 1 rings (SSSR count). The van der Waals surface area contributed by atoms with Crippen LogP contribution in [0.5, 0.6) is 0 Å². The van der Waals surface area contributed by atoms with Gasteiger partial charge in [0.2, 0.25) is 0 Å². The molecule has 1 aromatic rings. The molecule has 0 aliphatic heterocycles. The zero-order valence-electron chi connectivity index (χ0n) is 9.16. The van der Waals surface area contributed by atoms with Crippen molar-refractivity contribution in [3.05, 3.63) is 23.9 Å². The van der Waals surface area contributed by atoms with Gasteiger partial charge in [0, 0.05) is 24.6 Å². The molecule has 0 aliphatic carbocycles. The first-order valence-electron chi connectivity index (χ1n) is 4.88. The topological polar surface area (TPSA) is 82.0 Å². The summed E-state index contributed by atoms with van der Waals surface area (Å²) in [4.78, 5) is 15.5. The number of nitrogens with two attached hydrogens (primary N) is 2. The fourth-order valence-electron chi connectivity index (χ4n) is 1.40. The number of anilines is 1. The van der Waals surface area contributed by atoms with E-state index in [2.05, 4.69) is 4.98 Å². The molecule has 0 bridgehead atoms. The Morgan fingerprint density at radius 1 is 1.53 bits per heavy atom. The third-order valence-corrected chi connectivity index (χ3v) is 1.90. The number of carbonyl (C=O) groups excluding carboxylic acids is 1. The Labute approximate surface area is 89.7 Å². The van der Waals surface area contributed by atoms with Gasteiger partial charge in [-0.05, 0) is 31.5 Å². The quantitative estimate of drug-likeness (QED) is 0.768. The Kier molecular flexibility index (Phi) is 3.42. The van der Waals surface area contributed by atoms with E-state index in [1.807, 2.05) is 13.8 Å². The first-order chi connectivity index (χ1) is 6.87. The second-order valence-electron chi connectivity index (χ2n) is 4.47. The van der Waals surface area contributed by atoms with Crippen LogP contribution < -0.4 is 11.5 Å². The second-order valence-corrected chi connectivity index (χ2v) is 4.47. The van der Waals surface area contributed by atoms with Gasteiger partial charge in [-0.15, -0.1) is 0 Å². The van der Waals surface area contributed by atoms with Crippen molar-refractivity contribution >= 4 is 11.6 Å². The van der Waals surface area contributed by atoms with Crippen LogP contribution in [0.25, 0.3) is 0 Å². The van der Waals surface area contributed by atoms with E-state index in [-0.39, 0.29) is 5.78 Å². The number of carbonyl (C=O) groups is 1. The first kappa shape index (κ1) is 11.7. The number of pyridine rings is 1. The van der Waals surface area contributed by atoms with E-state index in [1.165, 1.54) is 0 Å². The van der Waals surface area contributed by atoms with Crippen molar-refractivity contribution in [2.45, 2.75) is 32.2 Å². The smallest absolute Gasteiger partial charge is 0.139 e. The molecule has 0 atom stereocenters. The molecule has 1 aromatic heterocycles. The van der Waals surface area contributed by atoms with Crippen molar-refractivity contribution in [1.82, 2.24) is 4.98 Å². The molecule has 0 saturated heterocycles. The number of ketones is 1. The molecule has 4 heteroatoms. The lowest BCUT2D eigenvalue weighted by atomic mass is 9.96. The van der Waals surface area contributed by atoms with Crippen LogP contribution in [-0.2, 0) is 11.2 Å². The Morgan fingerprint density at radius 3 is 2.73 bits per heavy atom. The highest BCUT2D eigenvalue weighted by atomic mass is 16.1. The fraction of sp³-hybridized carbons (Fsp3) is 0.455. The molecule has 15 heavy (non-hydrogen) atoms. The number of Topliss-reactive ketones (excluding diaryl/α,β-unsaturated/α-hetero) is 1. The van der Waals surface area contributed by atoms with Crippen LogP contribution in [0.1, 0.15) is 25.8 Å². The monoisotopic (exact) mass is 207 g/mol. The van der Waals surface area contributed by atoms with E-state index in [9.17, 15) is 4.79 Å². The molecule has 0 radical (unpaired) electrons. The highest BCUT2D eigenvalue weighted by Gasteiger charge is 2.16. The summed E-state index contributed by atoms with van der Waals surface area (Å²) >= 11 is 0. The number of aromatic nitrogens is 1. The number of nitrogens with zero attached hydrogens (tertiary/aromatic N) is 1. The van der Waals surface area contributed by atoms with E-state index in [1.54, 1.807) is 18.3 Å². The number of hydrogen-bond acceptors (Lipinski definition) is 4. The molecule has 82 valence electrons. The minimum absolute atomic E-state index is 0.119. The Hall–Kier alpha value is -1.42. The molecule has 0 amide bonds. The third-order valence-electron chi connectivity index (χ3n) is 1.90. The fourth-order valence-corrected chi connectivity index (χ4v) is 1.40. The minimum atomic E-state index is -0.449. The van der Waals surface area contributed by atoms with E-state index in [4.69, 9.17) is 11.5 Å². The normalized spacial score (nSPS) is 11.4. The number of rotatable bonds is 4. The van der Waals surface area contributed by atoms with Gasteiger partial charge in [0.1, 0.15) is 11.6 Å². The molecule has 0 saturated carbocycles. The average molecular weight is 207 g/mol. The molecule has 0 spiro atoms. The molecule has 4 nitrogen and oxygen atoms in total. The molecule has 0 aliphatic rings. The maximum Gasteiger partial charge on any atom is 0.139 e. The summed E-state index contributed by atoms with van der Waals surface area (Å²) in [7, 11) is 0. The average Bonchev–Trinajstić information content (AvgIpc) is 1.99. The molecule has 0 fully saturated rings. The molecular formula is C11H17N3O. The van der Waals surface area contributed by atoms with Crippen LogP contribution in [0.4, 0.5) is 5.82 Å². The van der Waals surface area contributed by atoms with Gasteiger partial charge in [0.25, 0.3) is 0 Å². The van der Waals surface area contributed by atoms with Crippen molar-refractivity contribution in [2.24, 2.45) is 5.73 Å². The summed E-state index contributed by atoms with van der Waals surface area (Å²) < 4.78 is 0. The summed E-state index contributed by atoms with van der Waals surface area (Å²) in [6.45, 7) is 3.68. The van der Waals surface area contributed by atoms with Crippen molar-refractivity contribution in [1.29, 1.82) is 0 Å². The summed E-state index contributed by atoms with van der Waals surface area (Å²) in [5, 5.41) is 0. The number of hydrogen-bond donors (Lipinski definition) is 2. The summed E-state index contributed by atoms with van der Waals surface area (Å²) in [6, 6.07) is 3.50. The summed E-state index contributed by atoms with van der Waals surface area (Å²) in [5.74, 6) is 0.556. The van der Waals surface area contributed by atoms with Gasteiger partial charge in [-0.25, -0.2) is 4.98 Å². The van der Waals surface area contributed by atoms with Gasteiger partial charge in [0.15, 0.2) is 0 Å². The lowest BCUT2D eigenvalue weighted by Gasteiger charge is -2.16. The van der Waals surface area contributed by atoms with Crippen molar-refractivity contribution in [3.63, 3.8) is 0 Å². The predicted molar refractivity (Wildman–Crippen MR) is 60.2 cm³/mol. The standard InChI is InChI=1S/C11H17N3O/c1-11(2,13)7-9(15)5-8-3-4-14-10(12)6-8/h3-4,6H,5,7,13H2,1-2H3,(H2,12,14). The Balaban J connectivity index is 2.59. The van der Waals surface area contributed by atoms with E-state index < -0.39 is 5.54 Å². The molecule has 4 N–H and O–H groups in total. The van der Waals surface area contributed by atoms with Crippen LogP contribution in [0.15, 0.2) is 18.3 Å². The van der Waals surface area contributed by atoms with Crippen LogP contribution in [0.3, 0.4) is 0 Å². The van der Waals surface area contributed by atoms with Crippen LogP contribution >= 0.6 is 0 Å². The van der Waals surface area contributed by atoms with Gasteiger partial charge >= 0.3 is 0 Å². The lowest BCUT2D eigenvalue weighted by Crippen LogP contribution is -2.35. The Bertz CT molecular complexity index is 355. The maximum atomic E-state index is 11.6. The van der Waals surface area contributed by atoms with Crippen LogP contribution in [-0.4, -0.2) is 16.3 Å². The summed E-state index contributed by atoms with van der Waals surface area (Å²) in [6.07, 6.45) is 2.34. The SMILES string of the molecule is CC(C)(N)CC(=O)Cc1ccnc(N)c1. The van der Waals surface area contributed by atoms with Crippen molar-refractivity contribution < 1.29 is 4.79 Å². The molecule has 1 heterocycles. The molecular weight excluding hydrogens is 190 g/mol. The van der Waals surface area contributed by atoms with E-state index >= 15 is 0 Å². The van der Waals surface area contributed by atoms with Crippen LogP contribution in [0.2, 0.25) is 0 Å². The zero-order chi connectivity index (χ0) is 11.5. The minimum Gasteiger partial charge on any atom is -0.384 e. The maximum absolute atomic E-state index is 11.6. The van der Waals surface area contributed by atoms with Gasteiger partial charge in [-0.2, -0.15) is 0 Å². The highest BCUT2D eigenvalue weighted by molar-refractivity contribution is 5.82. The molecule has 0 unspecified atom stereocenters. The van der Waals surface area contributed by atoms with E-state index in [0.29, 0.717) is 18.7 Å². The highest BCUT2D eigenvalue weighted by Crippen LogP contribution is 2.09. The van der Waals surface area contributed by atoms with Crippen molar-refractivity contribution in [3.8, 4) is 0 Å². The third kappa shape index (κ3) is 4.56. The summed E-state index contributed by atoms with van der Waals surface area (Å²) in [5.41, 5.74) is 11.7.